The zero-order valence-electron chi connectivity index (χ0n) is 11.4. The van der Waals surface area contributed by atoms with E-state index in [0.717, 1.165) is 4.47 Å². The predicted octanol–water partition coefficient (Wildman–Crippen LogP) is 2.66. The summed E-state index contributed by atoms with van der Waals surface area (Å²) in [6, 6.07) is 5.18. The second-order valence-corrected chi connectivity index (χ2v) is 7.73. The van der Waals surface area contributed by atoms with E-state index in [1.807, 2.05) is 13.8 Å². The first-order chi connectivity index (χ1) is 9.70. The van der Waals surface area contributed by atoms with E-state index >= 15 is 0 Å². The van der Waals surface area contributed by atoms with Crippen LogP contribution in [0.5, 0.6) is 0 Å². The van der Waals surface area contributed by atoms with Crippen molar-refractivity contribution < 1.29 is 8.42 Å². The van der Waals surface area contributed by atoms with Crippen LogP contribution in [-0.2, 0) is 16.6 Å². The second-order valence-electron chi connectivity index (χ2n) is 4.98. The molecule has 0 saturated heterocycles. The minimum Gasteiger partial charge on any atom is -0.296 e. The van der Waals surface area contributed by atoms with Gasteiger partial charge in [-0.05, 0) is 24.1 Å². The van der Waals surface area contributed by atoms with Crippen LogP contribution < -0.4 is 5.14 Å². The van der Waals surface area contributed by atoms with Gasteiger partial charge < -0.3 is 0 Å². The quantitative estimate of drug-likeness (QED) is 0.864. The van der Waals surface area contributed by atoms with Crippen LogP contribution in [-0.4, -0.2) is 23.2 Å². The van der Waals surface area contributed by atoms with Gasteiger partial charge in [-0.25, -0.2) is 13.6 Å². The molecule has 9 heteroatoms. The second kappa shape index (κ2) is 6.04. The molecule has 0 unspecified atom stereocenters. The lowest BCUT2D eigenvalue weighted by molar-refractivity contribution is 0.486. The van der Waals surface area contributed by atoms with Gasteiger partial charge in [-0.3, -0.25) is 4.57 Å². The van der Waals surface area contributed by atoms with Gasteiger partial charge in [0.2, 0.25) is 0 Å². The van der Waals surface area contributed by atoms with Gasteiger partial charge in [-0.1, -0.05) is 41.4 Å². The molecule has 0 aliphatic rings. The number of nitrogens with zero attached hydrogens (tertiary/aromatic N) is 3. The molecule has 0 saturated carbocycles. The van der Waals surface area contributed by atoms with E-state index < -0.39 is 10.0 Å². The van der Waals surface area contributed by atoms with E-state index in [0.29, 0.717) is 23.0 Å². The first kappa shape index (κ1) is 16.4. The summed E-state index contributed by atoms with van der Waals surface area (Å²) >= 11 is 9.41. The molecule has 1 aromatic carbocycles. The van der Waals surface area contributed by atoms with E-state index in [1.165, 1.54) is 4.57 Å². The number of nitrogens with two attached hydrogens (primary N) is 1. The fourth-order valence-electron chi connectivity index (χ4n) is 1.90. The smallest absolute Gasteiger partial charge is 0.273 e. The standard InChI is InChI=1S/C12H14BrClN4O2S/c1-7(2)6-18-11(16-17-12(18)21(15,19)20)9-5-8(14)3-4-10(9)13/h3-5,7H,6H2,1-2H3,(H2,15,19,20). The van der Waals surface area contributed by atoms with Crippen molar-refractivity contribution in [3.8, 4) is 11.4 Å². The van der Waals surface area contributed by atoms with E-state index in [9.17, 15) is 8.42 Å². The highest BCUT2D eigenvalue weighted by molar-refractivity contribution is 9.10. The predicted molar refractivity (Wildman–Crippen MR) is 84.4 cm³/mol. The minimum atomic E-state index is -3.95. The lowest BCUT2D eigenvalue weighted by atomic mass is 10.2. The number of hydrogen-bond acceptors (Lipinski definition) is 4. The first-order valence-electron chi connectivity index (χ1n) is 6.11. The van der Waals surface area contributed by atoms with Gasteiger partial charge in [-0.15, -0.1) is 10.2 Å². The summed E-state index contributed by atoms with van der Waals surface area (Å²) in [5.41, 5.74) is 0.658. The SMILES string of the molecule is CC(C)Cn1c(-c2cc(Cl)ccc2Br)nnc1S(N)(=O)=O. The molecule has 2 N–H and O–H groups in total. The van der Waals surface area contributed by atoms with Crippen molar-refractivity contribution >= 4 is 37.6 Å². The van der Waals surface area contributed by atoms with Crippen molar-refractivity contribution in [2.45, 2.75) is 25.5 Å². The Morgan fingerprint density at radius 3 is 2.62 bits per heavy atom. The van der Waals surface area contributed by atoms with Crippen LogP contribution in [0.25, 0.3) is 11.4 Å². The normalized spacial score (nSPS) is 12.1. The van der Waals surface area contributed by atoms with Crippen LogP contribution in [0.3, 0.4) is 0 Å². The Bertz CT molecular complexity index is 774. The van der Waals surface area contributed by atoms with Crippen molar-refractivity contribution in [3.63, 3.8) is 0 Å². The zero-order valence-corrected chi connectivity index (χ0v) is 14.6. The van der Waals surface area contributed by atoms with E-state index in [-0.39, 0.29) is 11.1 Å². The van der Waals surface area contributed by atoms with Crippen LogP contribution in [0.2, 0.25) is 5.02 Å². The molecule has 0 aliphatic heterocycles. The molecule has 21 heavy (non-hydrogen) atoms. The molecule has 0 bridgehead atoms. The third-order valence-electron chi connectivity index (χ3n) is 2.69. The molecule has 1 aromatic heterocycles. The number of primary sulfonamides is 1. The van der Waals surface area contributed by atoms with Gasteiger partial charge in [0, 0.05) is 21.6 Å². The van der Waals surface area contributed by atoms with Gasteiger partial charge in [0.1, 0.15) is 0 Å². The van der Waals surface area contributed by atoms with Crippen molar-refractivity contribution in [3.05, 3.63) is 27.7 Å². The molecule has 0 aliphatic carbocycles. The number of halogens is 2. The van der Waals surface area contributed by atoms with Crippen LogP contribution in [0.1, 0.15) is 13.8 Å². The Balaban J connectivity index is 2.69. The molecule has 2 aromatic rings. The zero-order chi connectivity index (χ0) is 15.8. The van der Waals surface area contributed by atoms with Crippen LogP contribution in [0.15, 0.2) is 27.8 Å². The Morgan fingerprint density at radius 2 is 2.05 bits per heavy atom. The number of benzene rings is 1. The Kier molecular flexibility index (Phi) is 4.72. The van der Waals surface area contributed by atoms with E-state index in [2.05, 4.69) is 26.1 Å². The maximum Gasteiger partial charge on any atom is 0.273 e. The molecule has 0 radical (unpaired) electrons. The summed E-state index contributed by atoms with van der Waals surface area (Å²) < 4.78 is 25.5. The molecule has 6 nitrogen and oxygen atoms in total. The van der Waals surface area contributed by atoms with Crippen LogP contribution in [0, 0.1) is 5.92 Å². The third-order valence-corrected chi connectivity index (χ3v) is 4.43. The molecule has 0 spiro atoms. The maximum atomic E-state index is 11.6. The Labute approximate surface area is 136 Å². The molecular weight excluding hydrogens is 380 g/mol. The Hall–Kier alpha value is -0.960. The van der Waals surface area contributed by atoms with Gasteiger partial charge in [-0.2, -0.15) is 0 Å². The van der Waals surface area contributed by atoms with Crippen molar-refractivity contribution in [1.82, 2.24) is 14.8 Å². The highest BCUT2D eigenvalue weighted by Crippen LogP contribution is 2.31. The summed E-state index contributed by atoms with van der Waals surface area (Å²) in [6.45, 7) is 4.35. The molecule has 0 fully saturated rings. The highest BCUT2D eigenvalue weighted by atomic mass is 79.9. The van der Waals surface area contributed by atoms with E-state index in [1.54, 1.807) is 18.2 Å². The third kappa shape index (κ3) is 3.63. The summed E-state index contributed by atoms with van der Waals surface area (Å²) in [5, 5.41) is 13.2. The topological polar surface area (TPSA) is 90.9 Å². The molecule has 114 valence electrons. The lowest BCUT2D eigenvalue weighted by Gasteiger charge is -2.12. The molecular formula is C12H14BrClN4O2S. The number of hydrogen-bond donors (Lipinski definition) is 1. The number of rotatable bonds is 4. The van der Waals surface area contributed by atoms with Gasteiger partial charge >= 0.3 is 0 Å². The fraction of sp³-hybridized carbons (Fsp3) is 0.333. The monoisotopic (exact) mass is 392 g/mol. The average Bonchev–Trinajstić information content (AvgIpc) is 2.74. The minimum absolute atomic E-state index is 0.193. The van der Waals surface area contributed by atoms with Crippen LogP contribution >= 0.6 is 27.5 Å². The van der Waals surface area contributed by atoms with Gasteiger partial charge in [0.15, 0.2) is 5.82 Å². The van der Waals surface area contributed by atoms with Crippen molar-refractivity contribution in [2.24, 2.45) is 11.1 Å². The maximum absolute atomic E-state index is 11.6. The van der Waals surface area contributed by atoms with Crippen molar-refractivity contribution in [1.29, 1.82) is 0 Å². The molecule has 1 heterocycles. The summed E-state index contributed by atoms with van der Waals surface area (Å²) in [4.78, 5) is 0. The number of aromatic nitrogens is 3. The largest absolute Gasteiger partial charge is 0.296 e. The van der Waals surface area contributed by atoms with E-state index in [4.69, 9.17) is 16.7 Å². The molecule has 2 rings (SSSR count). The number of sulfonamides is 1. The summed E-state index contributed by atoms with van der Waals surface area (Å²) in [7, 11) is -3.95. The Morgan fingerprint density at radius 1 is 1.38 bits per heavy atom. The van der Waals surface area contributed by atoms with Crippen LogP contribution in [0.4, 0.5) is 0 Å². The lowest BCUT2D eigenvalue weighted by Crippen LogP contribution is -2.20. The van der Waals surface area contributed by atoms with Gasteiger partial charge in [0.25, 0.3) is 15.2 Å². The summed E-state index contributed by atoms with van der Waals surface area (Å²) in [6.07, 6.45) is 0. The summed E-state index contributed by atoms with van der Waals surface area (Å²) in [5.74, 6) is 0.598. The fourth-order valence-corrected chi connectivity index (χ4v) is 3.12. The molecule has 0 atom stereocenters. The molecule has 0 amide bonds. The highest BCUT2D eigenvalue weighted by Gasteiger charge is 2.23. The first-order valence-corrected chi connectivity index (χ1v) is 8.83. The van der Waals surface area contributed by atoms with Crippen molar-refractivity contribution in [2.75, 3.05) is 0 Å². The van der Waals surface area contributed by atoms with Gasteiger partial charge in [0.05, 0.1) is 0 Å². The average molecular weight is 394 g/mol.